The molecule has 17 heavy (non-hydrogen) atoms. The third-order valence-electron chi connectivity index (χ3n) is 2.83. The second-order valence-electron chi connectivity index (χ2n) is 5.16. The van der Waals surface area contributed by atoms with Crippen LogP contribution in [0.2, 0.25) is 25.2 Å². The third-order valence-corrected chi connectivity index (χ3v) is 14.8. The van der Waals surface area contributed by atoms with E-state index in [1.807, 2.05) is 0 Å². The van der Waals surface area contributed by atoms with Crippen molar-refractivity contribution in [2.24, 2.45) is 0 Å². The van der Waals surface area contributed by atoms with E-state index in [2.05, 4.69) is 13.1 Å². The molecule has 0 amide bonds. The Hall–Kier alpha value is 0.0406. The Bertz CT molecular complexity index is 242. The van der Waals surface area contributed by atoms with Crippen LogP contribution in [0.3, 0.4) is 0 Å². The van der Waals surface area contributed by atoms with Gasteiger partial charge in [0.1, 0.15) is 0 Å². The van der Waals surface area contributed by atoms with Crippen LogP contribution in [0.25, 0.3) is 0 Å². The van der Waals surface area contributed by atoms with Gasteiger partial charge < -0.3 is 13.3 Å². The molecular weight excluding hydrogens is 268 g/mol. The van der Waals surface area contributed by atoms with Crippen LogP contribution in [-0.4, -0.2) is 45.3 Å². The molecule has 1 aliphatic rings. The van der Waals surface area contributed by atoms with Gasteiger partial charge in [0.2, 0.25) is 0 Å². The Morgan fingerprint density at radius 2 is 2.29 bits per heavy atom. The van der Waals surface area contributed by atoms with Gasteiger partial charge in [-0.1, -0.05) is 0 Å². The summed E-state index contributed by atoms with van der Waals surface area (Å²) in [4.78, 5) is 10.6. The molecular formula is C10H24O4Si3. The van der Waals surface area contributed by atoms with Gasteiger partial charge in [0.05, 0.1) is 6.61 Å². The maximum atomic E-state index is 10.6. The summed E-state index contributed by atoms with van der Waals surface area (Å²) in [7, 11) is -2.82. The van der Waals surface area contributed by atoms with E-state index < -0.39 is 16.9 Å². The lowest BCUT2D eigenvalue weighted by Crippen LogP contribution is -2.44. The molecule has 0 spiro atoms. The largest absolute Gasteiger partial charge is 0.466 e. The summed E-state index contributed by atoms with van der Waals surface area (Å²) in [5, 5.41) is 0. The van der Waals surface area contributed by atoms with Crippen molar-refractivity contribution < 1.29 is 18.1 Å². The number of esters is 1. The van der Waals surface area contributed by atoms with Crippen molar-refractivity contribution in [2.45, 2.75) is 44.9 Å². The number of carbonyl (C=O) groups is 1. The van der Waals surface area contributed by atoms with E-state index in [1.165, 1.54) is 19.4 Å². The third kappa shape index (κ3) is 7.14. The zero-order valence-electron chi connectivity index (χ0n) is 11.2. The Morgan fingerprint density at radius 1 is 1.53 bits per heavy atom. The average molecular weight is 293 g/mol. The first-order valence-electron chi connectivity index (χ1n) is 6.38. The topological polar surface area (TPSA) is 44.8 Å². The van der Waals surface area contributed by atoms with Gasteiger partial charge >= 0.3 is 5.97 Å². The first-order valence-corrected chi connectivity index (χ1v) is 14.6. The van der Waals surface area contributed by atoms with Gasteiger partial charge in [-0.25, -0.2) is 0 Å². The average Bonchev–Trinajstić information content (AvgIpc) is 2.25. The van der Waals surface area contributed by atoms with Crippen LogP contribution in [0.1, 0.15) is 19.8 Å². The van der Waals surface area contributed by atoms with Gasteiger partial charge in [-0.15, -0.1) is 0 Å². The van der Waals surface area contributed by atoms with Crippen LogP contribution in [0.15, 0.2) is 0 Å². The van der Waals surface area contributed by atoms with Crippen molar-refractivity contribution in [1.29, 1.82) is 0 Å². The number of hydrogen-bond acceptors (Lipinski definition) is 4. The molecule has 0 aromatic rings. The minimum atomic E-state index is -1.54. The highest BCUT2D eigenvalue weighted by molar-refractivity contribution is 7.09. The predicted octanol–water partition coefficient (Wildman–Crippen LogP) is 0.886. The summed E-state index contributed by atoms with van der Waals surface area (Å²) in [5.41, 5.74) is 0. The highest BCUT2D eigenvalue weighted by Gasteiger charge is 2.28. The minimum Gasteiger partial charge on any atom is -0.466 e. The molecule has 100 valence electrons. The maximum absolute atomic E-state index is 10.6. The van der Waals surface area contributed by atoms with E-state index in [1.54, 1.807) is 0 Å². The van der Waals surface area contributed by atoms with E-state index in [0.717, 1.165) is 19.1 Å². The second kappa shape index (κ2) is 7.47. The fraction of sp³-hybridized carbons (Fsp3) is 0.900. The molecule has 4 nitrogen and oxygen atoms in total. The number of rotatable bonds is 6. The highest BCUT2D eigenvalue weighted by atomic mass is 29.2. The van der Waals surface area contributed by atoms with Gasteiger partial charge in [0, 0.05) is 13.5 Å². The van der Waals surface area contributed by atoms with E-state index in [9.17, 15) is 4.79 Å². The number of hydrogen-bond donors (Lipinski definition) is 0. The molecule has 1 fully saturated rings. The predicted molar refractivity (Wildman–Crippen MR) is 75.7 cm³/mol. The monoisotopic (exact) mass is 292 g/mol. The van der Waals surface area contributed by atoms with Crippen molar-refractivity contribution in [3.05, 3.63) is 0 Å². The molecule has 1 saturated heterocycles. The van der Waals surface area contributed by atoms with Gasteiger partial charge in [-0.05, 0) is 38.0 Å². The standard InChI is InChI=1S/C10H24O4Si3/c1-10(11)12-6-5-9-17(2,3)14-16-8-4-7-13-15-16/h16H,4-9,15H2,1-3H3. The zero-order chi connectivity index (χ0) is 12.7. The van der Waals surface area contributed by atoms with Crippen LogP contribution in [0, 0.1) is 0 Å². The maximum Gasteiger partial charge on any atom is 0.302 e. The van der Waals surface area contributed by atoms with Crippen LogP contribution in [0.5, 0.6) is 0 Å². The normalized spacial score (nSPS) is 22.6. The minimum absolute atomic E-state index is 0.187. The Balaban J connectivity index is 2.17. The van der Waals surface area contributed by atoms with Crippen LogP contribution >= 0.6 is 0 Å². The lowest BCUT2D eigenvalue weighted by Gasteiger charge is -2.30. The van der Waals surface area contributed by atoms with E-state index in [4.69, 9.17) is 13.3 Å². The van der Waals surface area contributed by atoms with Gasteiger partial charge in [0.25, 0.3) is 0 Å². The summed E-state index contributed by atoms with van der Waals surface area (Å²) in [6.07, 6.45) is 2.13. The summed E-state index contributed by atoms with van der Waals surface area (Å²) in [6.45, 7) is 7.51. The first-order chi connectivity index (χ1) is 7.99. The van der Waals surface area contributed by atoms with Crippen LogP contribution in [-0.2, 0) is 18.1 Å². The number of ether oxygens (including phenoxy) is 1. The smallest absolute Gasteiger partial charge is 0.302 e. The number of carbonyl (C=O) groups excluding carboxylic acids is 1. The highest BCUT2D eigenvalue weighted by Crippen LogP contribution is 2.18. The Morgan fingerprint density at radius 3 is 2.88 bits per heavy atom. The molecule has 7 heteroatoms. The molecule has 0 aromatic carbocycles. The molecule has 0 N–H and O–H groups in total. The van der Waals surface area contributed by atoms with Gasteiger partial charge in [-0.3, -0.25) is 4.79 Å². The van der Waals surface area contributed by atoms with E-state index in [0.29, 0.717) is 6.61 Å². The molecule has 0 saturated carbocycles. The lowest BCUT2D eigenvalue weighted by molar-refractivity contribution is -0.140. The Kier molecular flexibility index (Phi) is 6.63. The second-order valence-corrected chi connectivity index (χ2v) is 16.4. The van der Waals surface area contributed by atoms with Crippen molar-refractivity contribution in [3.8, 4) is 0 Å². The molecule has 1 heterocycles. The van der Waals surface area contributed by atoms with E-state index >= 15 is 0 Å². The molecule has 1 unspecified atom stereocenters. The van der Waals surface area contributed by atoms with Crippen molar-refractivity contribution in [2.75, 3.05) is 13.2 Å². The fourth-order valence-corrected chi connectivity index (χ4v) is 16.6. The van der Waals surface area contributed by atoms with Crippen molar-refractivity contribution in [1.82, 2.24) is 0 Å². The van der Waals surface area contributed by atoms with Crippen molar-refractivity contribution >= 4 is 32.1 Å². The van der Waals surface area contributed by atoms with Crippen LogP contribution in [0.4, 0.5) is 0 Å². The quantitative estimate of drug-likeness (QED) is 0.414. The molecule has 0 radical (unpaired) electrons. The summed E-state index contributed by atoms with van der Waals surface area (Å²) >= 11 is 0. The first kappa shape index (κ1) is 15.1. The summed E-state index contributed by atoms with van der Waals surface area (Å²) in [5.74, 6) is -0.187. The molecule has 1 rings (SSSR count). The molecule has 1 aliphatic heterocycles. The van der Waals surface area contributed by atoms with Crippen molar-refractivity contribution in [3.63, 3.8) is 0 Å². The Labute approximate surface area is 109 Å². The SMILES string of the molecule is CC(=O)OCCC[Si](C)(C)O[SiH]1CCCO[SiH2]1. The molecule has 0 bridgehead atoms. The van der Waals surface area contributed by atoms with Crippen LogP contribution < -0.4 is 0 Å². The molecule has 1 atom stereocenters. The van der Waals surface area contributed by atoms with E-state index in [-0.39, 0.29) is 15.2 Å². The molecule has 0 aliphatic carbocycles. The van der Waals surface area contributed by atoms with Gasteiger partial charge in [-0.2, -0.15) is 0 Å². The zero-order valence-corrected chi connectivity index (χ0v) is 14.7. The lowest BCUT2D eigenvalue weighted by atomic mass is 10.5. The van der Waals surface area contributed by atoms with Gasteiger partial charge in [0.15, 0.2) is 26.2 Å². The summed E-state index contributed by atoms with van der Waals surface area (Å²) < 4.78 is 16.9. The fourth-order valence-electron chi connectivity index (χ4n) is 2.03. The molecule has 0 aromatic heterocycles. The summed E-state index contributed by atoms with van der Waals surface area (Å²) in [6, 6.07) is 2.39.